The van der Waals surface area contributed by atoms with E-state index in [0.29, 0.717) is 23.5 Å². The fourth-order valence-corrected chi connectivity index (χ4v) is 2.54. The molecule has 0 amide bonds. The van der Waals surface area contributed by atoms with Crippen molar-refractivity contribution >= 4 is 23.9 Å². The van der Waals surface area contributed by atoms with E-state index in [0.717, 1.165) is 32.1 Å². The molecule has 1 unspecified atom stereocenters. The third-order valence-electron chi connectivity index (χ3n) is 4.83. The number of carbonyl (C=O) groups is 1. The van der Waals surface area contributed by atoms with E-state index >= 15 is 0 Å². The summed E-state index contributed by atoms with van der Waals surface area (Å²) >= 11 is 0. The lowest BCUT2D eigenvalue weighted by atomic mass is 10.0. The maximum Gasteiger partial charge on any atom is 0.122 e. The Bertz CT molecular complexity index is 768. The Kier molecular flexibility index (Phi) is 7.20. The molecule has 1 fully saturated rings. The molecule has 1 aliphatic rings. The summed E-state index contributed by atoms with van der Waals surface area (Å²) in [5, 5.41) is 14.6. The van der Waals surface area contributed by atoms with E-state index in [-0.39, 0.29) is 22.9 Å². The number of nitrogen functional groups attached to an aromatic ring is 1. The molecular weight excluding hydrogens is 354 g/mol. The number of anilines is 1. The summed E-state index contributed by atoms with van der Waals surface area (Å²) < 4.78 is 5.95. The Morgan fingerprint density at radius 2 is 2.18 bits per heavy atom. The first-order valence-electron chi connectivity index (χ1n) is 9.66. The van der Waals surface area contributed by atoms with Crippen LogP contribution in [0.15, 0.2) is 35.1 Å². The quantitative estimate of drug-likeness (QED) is 0.234. The van der Waals surface area contributed by atoms with Crippen molar-refractivity contribution in [1.29, 1.82) is 5.41 Å². The predicted molar refractivity (Wildman–Crippen MR) is 114 cm³/mol. The topological polar surface area (TPSA) is 118 Å². The van der Waals surface area contributed by atoms with Crippen molar-refractivity contribution < 1.29 is 9.53 Å². The van der Waals surface area contributed by atoms with E-state index in [9.17, 15) is 4.79 Å². The van der Waals surface area contributed by atoms with Gasteiger partial charge in [-0.1, -0.05) is 6.92 Å². The number of allylic oxidation sites excluding steroid dienone is 2. The van der Waals surface area contributed by atoms with Crippen molar-refractivity contribution in [3.63, 3.8) is 0 Å². The molecule has 1 aliphatic carbocycles. The summed E-state index contributed by atoms with van der Waals surface area (Å²) in [6, 6.07) is 5.31. The molecular formula is C21H31N5O2. The molecule has 1 saturated carbocycles. The monoisotopic (exact) mass is 385 g/mol. The van der Waals surface area contributed by atoms with E-state index in [4.69, 9.17) is 21.6 Å². The van der Waals surface area contributed by atoms with Gasteiger partial charge < -0.3 is 21.0 Å². The molecule has 0 heterocycles. The summed E-state index contributed by atoms with van der Waals surface area (Å²) in [6.45, 7) is 7.34. The van der Waals surface area contributed by atoms with E-state index < -0.39 is 0 Å². The Morgan fingerprint density at radius 1 is 1.46 bits per heavy atom. The van der Waals surface area contributed by atoms with Crippen molar-refractivity contribution in [3.05, 3.63) is 35.5 Å². The molecule has 0 aliphatic heterocycles. The van der Waals surface area contributed by atoms with Crippen LogP contribution in [0.5, 0.6) is 5.75 Å². The van der Waals surface area contributed by atoms with Crippen LogP contribution >= 0.6 is 0 Å². The van der Waals surface area contributed by atoms with E-state index in [1.165, 1.54) is 0 Å². The number of rotatable bonds is 11. The zero-order chi connectivity index (χ0) is 20.7. The summed E-state index contributed by atoms with van der Waals surface area (Å²) in [7, 11) is 0. The zero-order valence-corrected chi connectivity index (χ0v) is 16.9. The maximum absolute atomic E-state index is 10.7. The number of benzene rings is 1. The molecule has 1 aromatic carbocycles. The van der Waals surface area contributed by atoms with Gasteiger partial charge in [0.15, 0.2) is 0 Å². The lowest BCUT2D eigenvalue weighted by Gasteiger charge is -2.17. The summed E-state index contributed by atoms with van der Waals surface area (Å²) in [6.07, 6.45) is 6.91. The third-order valence-corrected chi connectivity index (χ3v) is 4.83. The number of hydrogen-bond donors (Lipinski definition) is 3. The van der Waals surface area contributed by atoms with Crippen LogP contribution in [-0.2, 0) is 4.79 Å². The predicted octanol–water partition coefficient (Wildman–Crippen LogP) is 2.94. The van der Waals surface area contributed by atoms with Gasteiger partial charge in [-0.05, 0) is 57.4 Å². The first-order valence-corrected chi connectivity index (χ1v) is 9.66. The van der Waals surface area contributed by atoms with Crippen molar-refractivity contribution in [1.82, 2.24) is 5.01 Å². The minimum absolute atomic E-state index is 0.00779. The SMILES string of the molecule is CCN(CCC(C)C=O)N=CC=C(N)C(=N)c1cc(OC2(C)CC2)ccc1N. The first-order chi connectivity index (χ1) is 13.3. The van der Waals surface area contributed by atoms with E-state index in [1.54, 1.807) is 24.4 Å². The molecule has 7 heteroatoms. The second-order valence-corrected chi connectivity index (χ2v) is 7.51. The molecule has 152 valence electrons. The van der Waals surface area contributed by atoms with Crippen LogP contribution in [-0.4, -0.2) is 41.9 Å². The van der Waals surface area contributed by atoms with Gasteiger partial charge in [-0.15, -0.1) is 0 Å². The summed E-state index contributed by atoms with van der Waals surface area (Å²) in [5.41, 5.74) is 13.4. The fraction of sp³-hybridized carbons (Fsp3) is 0.476. The van der Waals surface area contributed by atoms with Crippen molar-refractivity contribution in [3.8, 4) is 5.75 Å². The average molecular weight is 386 g/mol. The molecule has 0 spiro atoms. The highest BCUT2D eigenvalue weighted by Crippen LogP contribution is 2.40. The normalized spacial score (nSPS) is 16.6. The number of hydrogen-bond acceptors (Lipinski definition) is 7. The van der Waals surface area contributed by atoms with Crippen molar-refractivity contribution in [2.45, 2.75) is 45.6 Å². The number of aldehydes is 1. The van der Waals surface area contributed by atoms with Crippen LogP contribution in [0.1, 0.15) is 45.6 Å². The van der Waals surface area contributed by atoms with E-state index in [1.807, 2.05) is 24.9 Å². The number of nitrogens with zero attached hydrogens (tertiary/aromatic N) is 2. The average Bonchev–Trinajstić information content (AvgIpc) is 3.41. The van der Waals surface area contributed by atoms with Gasteiger partial charge >= 0.3 is 0 Å². The number of nitrogens with two attached hydrogens (primary N) is 2. The molecule has 0 aromatic heterocycles. The Hall–Kier alpha value is -2.83. The second kappa shape index (κ2) is 9.39. The molecule has 7 nitrogen and oxygen atoms in total. The van der Waals surface area contributed by atoms with Gasteiger partial charge in [0.05, 0.1) is 11.4 Å². The van der Waals surface area contributed by atoms with Gasteiger partial charge in [-0.2, -0.15) is 5.10 Å². The van der Waals surface area contributed by atoms with Crippen molar-refractivity contribution in [2.24, 2.45) is 16.8 Å². The van der Waals surface area contributed by atoms with Gasteiger partial charge in [-0.25, -0.2) is 0 Å². The summed E-state index contributed by atoms with van der Waals surface area (Å²) in [5.74, 6) is 0.699. The standard InChI is InChI=1S/C21H31N5O2/c1-4-26(12-8-15(2)14-27)25-11-7-19(23)20(24)17-13-16(5-6-18(17)22)28-21(3)9-10-21/h5-7,11,13-15,24H,4,8-10,12,22-23H2,1-3H3. The van der Waals surface area contributed by atoms with Gasteiger partial charge in [-0.3, -0.25) is 10.4 Å². The molecule has 0 radical (unpaired) electrons. The second-order valence-electron chi connectivity index (χ2n) is 7.51. The van der Waals surface area contributed by atoms with Crippen LogP contribution in [0.4, 0.5) is 5.69 Å². The van der Waals surface area contributed by atoms with Crippen LogP contribution in [0.2, 0.25) is 0 Å². The zero-order valence-electron chi connectivity index (χ0n) is 16.9. The van der Waals surface area contributed by atoms with Gasteiger partial charge in [0, 0.05) is 36.5 Å². The Balaban J connectivity index is 2.04. The molecule has 0 bridgehead atoms. The highest BCUT2D eigenvalue weighted by atomic mass is 16.5. The minimum atomic E-state index is -0.103. The van der Waals surface area contributed by atoms with Gasteiger partial charge in [0.2, 0.25) is 0 Å². The number of nitrogens with one attached hydrogen (secondary N) is 1. The van der Waals surface area contributed by atoms with Crippen LogP contribution in [0, 0.1) is 11.3 Å². The molecule has 2 rings (SSSR count). The maximum atomic E-state index is 10.7. The lowest BCUT2D eigenvalue weighted by Crippen LogP contribution is -2.20. The number of carbonyl (C=O) groups excluding carboxylic acids is 1. The molecule has 5 N–H and O–H groups in total. The first kappa shape index (κ1) is 21.5. The van der Waals surface area contributed by atoms with Crippen molar-refractivity contribution in [2.75, 3.05) is 18.8 Å². The van der Waals surface area contributed by atoms with Crippen LogP contribution in [0.3, 0.4) is 0 Å². The van der Waals surface area contributed by atoms with Gasteiger partial charge in [0.25, 0.3) is 0 Å². The molecule has 0 saturated heterocycles. The highest BCUT2D eigenvalue weighted by Gasteiger charge is 2.40. The number of ether oxygens (including phenoxy) is 1. The fourth-order valence-electron chi connectivity index (χ4n) is 2.54. The number of hydrazone groups is 1. The van der Waals surface area contributed by atoms with E-state index in [2.05, 4.69) is 12.0 Å². The lowest BCUT2D eigenvalue weighted by molar-refractivity contribution is -0.110. The molecule has 1 atom stereocenters. The minimum Gasteiger partial charge on any atom is -0.488 e. The van der Waals surface area contributed by atoms with Crippen LogP contribution < -0.4 is 16.2 Å². The Morgan fingerprint density at radius 3 is 2.79 bits per heavy atom. The Labute approximate surface area is 166 Å². The summed E-state index contributed by atoms with van der Waals surface area (Å²) in [4.78, 5) is 10.7. The smallest absolute Gasteiger partial charge is 0.122 e. The third kappa shape index (κ3) is 6.11. The largest absolute Gasteiger partial charge is 0.488 e. The molecule has 1 aromatic rings. The molecule has 28 heavy (non-hydrogen) atoms. The van der Waals surface area contributed by atoms with Crippen LogP contribution in [0.25, 0.3) is 0 Å². The van der Waals surface area contributed by atoms with Gasteiger partial charge in [0.1, 0.15) is 17.6 Å². The highest BCUT2D eigenvalue weighted by molar-refractivity contribution is 6.14.